The maximum Gasteiger partial charge on any atom is 0.110 e. The molecule has 0 saturated heterocycles. The van der Waals surface area contributed by atoms with E-state index in [1.54, 1.807) is 0 Å². The van der Waals surface area contributed by atoms with Gasteiger partial charge in [0.15, 0.2) is 0 Å². The first-order valence-corrected chi connectivity index (χ1v) is 7.92. The van der Waals surface area contributed by atoms with Crippen LogP contribution in [0.4, 0.5) is 0 Å². The van der Waals surface area contributed by atoms with E-state index >= 15 is 0 Å². The van der Waals surface area contributed by atoms with Crippen LogP contribution >= 0.6 is 0 Å². The Balaban J connectivity index is 1.98. The Hall–Kier alpha value is -1.28. The highest BCUT2D eigenvalue weighted by Gasteiger charge is 2.44. The third-order valence-corrected chi connectivity index (χ3v) is 4.93. The molecular weight excluding hydrogens is 246 g/mol. The van der Waals surface area contributed by atoms with Crippen LogP contribution < -0.4 is 5.32 Å². The molecule has 2 aliphatic rings. The molecule has 1 atom stereocenters. The van der Waals surface area contributed by atoms with Gasteiger partial charge in [-0.15, -0.1) is 0 Å². The summed E-state index contributed by atoms with van der Waals surface area (Å²) >= 11 is 0. The fourth-order valence-corrected chi connectivity index (χ4v) is 3.99. The summed E-state index contributed by atoms with van der Waals surface area (Å²) in [6, 6.07) is 11.3. The van der Waals surface area contributed by atoms with Gasteiger partial charge in [-0.3, -0.25) is 0 Å². The Kier molecular flexibility index (Phi) is 4.11. The van der Waals surface area contributed by atoms with Crippen molar-refractivity contribution in [3.05, 3.63) is 47.7 Å². The summed E-state index contributed by atoms with van der Waals surface area (Å²) in [7, 11) is 2.08. The van der Waals surface area contributed by atoms with Crippen molar-refractivity contribution in [1.29, 1.82) is 0 Å². The van der Waals surface area contributed by atoms with Gasteiger partial charge in [0.2, 0.25) is 0 Å². The van der Waals surface area contributed by atoms with Crippen molar-refractivity contribution in [1.82, 2.24) is 5.32 Å². The Morgan fingerprint density at radius 3 is 2.45 bits per heavy atom. The molecule has 1 N–H and O–H groups in total. The van der Waals surface area contributed by atoms with E-state index in [2.05, 4.69) is 48.8 Å². The van der Waals surface area contributed by atoms with Crippen LogP contribution in [-0.4, -0.2) is 19.7 Å². The van der Waals surface area contributed by atoms with Gasteiger partial charge in [0.1, 0.15) is 5.76 Å². The topological polar surface area (TPSA) is 21.3 Å². The minimum Gasteiger partial charge on any atom is -0.497 e. The summed E-state index contributed by atoms with van der Waals surface area (Å²) in [4.78, 5) is 0. The molecule has 1 aromatic carbocycles. The molecule has 108 valence electrons. The van der Waals surface area contributed by atoms with Crippen LogP contribution in [0.15, 0.2) is 42.2 Å². The summed E-state index contributed by atoms with van der Waals surface area (Å²) in [5, 5.41) is 3.56. The first kappa shape index (κ1) is 13.7. The molecule has 1 aliphatic carbocycles. The number of nitrogens with one attached hydrogen (secondary N) is 1. The van der Waals surface area contributed by atoms with Crippen LogP contribution in [0, 0.1) is 0 Å². The molecule has 0 amide bonds. The quantitative estimate of drug-likeness (QED) is 0.900. The lowest BCUT2D eigenvalue weighted by atomic mass is 9.71. The van der Waals surface area contributed by atoms with E-state index in [9.17, 15) is 0 Å². The average Bonchev–Trinajstić information content (AvgIpc) is 3.01. The zero-order valence-corrected chi connectivity index (χ0v) is 12.4. The Labute approximate surface area is 122 Å². The highest BCUT2D eigenvalue weighted by Crippen LogP contribution is 2.46. The predicted octanol–water partition coefficient (Wildman–Crippen LogP) is 3.78. The number of likely N-dealkylation sites (N-methyl/N-ethyl adjacent to an activating group) is 1. The van der Waals surface area contributed by atoms with Gasteiger partial charge in [-0.25, -0.2) is 0 Å². The van der Waals surface area contributed by atoms with Crippen LogP contribution in [0.3, 0.4) is 0 Å². The standard InChI is InChI=1S/C18H25NO/c1-19-17(16-11-5-8-14-20-16)18(12-6-7-13-18)15-9-3-2-4-10-15/h2-4,9-11,17,19H,5-8,12-14H2,1H3. The molecule has 2 nitrogen and oxygen atoms in total. The molecule has 1 fully saturated rings. The zero-order valence-electron chi connectivity index (χ0n) is 12.4. The van der Waals surface area contributed by atoms with Gasteiger partial charge in [-0.1, -0.05) is 43.2 Å². The largest absolute Gasteiger partial charge is 0.497 e. The maximum atomic E-state index is 5.99. The second-order valence-corrected chi connectivity index (χ2v) is 6.05. The van der Waals surface area contributed by atoms with Crippen LogP contribution in [0.25, 0.3) is 0 Å². The maximum absolute atomic E-state index is 5.99. The second kappa shape index (κ2) is 6.01. The second-order valence-electron chi connectivity index (χ2n) is 6.05. The first-order chi connectivity index (χ1) is 9.87. The number of allylic oxidation sites excluding steroid dienone is 1. The van der Waals surface area contributed by atoms with Gasteiger partial charge in [0.25, 0.3) is 0 Å². The molecule has 1 aliphatic heterocycles. The number of benzene rings is 1. The monoisotopic (exact) mass is 271 g/mol. The van der Waals surface area contributed by atoms with Gasteiger partial charge >= 0.3 is 0 Å². The molecule has 0 spiro atoms. The van der Waals surface area contributed by atoms with Crippen molar-refractivity contribution in [2.45, 2.75) is 50.0 Å². The lowest BCUT2D eigenvalue weighted by molar-refractivity contribution is 0.143. The van der Waals surface area contributed by atoms with E-state index < -0.39 is 0 Å². The molecule has 1 unspecified atom stereocenters. The van der Waals surface area contributed by atoms with Gasteiger partial charge < -0.3 is 10.1 Å². The van der Waals surface area contributed by atoms with E-state index in [4.69, 9.17) is 4.74 Å². The Morgan fingerprint density at radius 1 is 1.10 bits per heavy atom. The van der Waals surface area contributed by atoms with E-state index in [1.165, 1.54) is 37.0 Å². The van der Waals surface area contributed by atoms with Crippen molar-refractivity contribution >= 4 is 0 Å². The van der Waals surface area contributed by atoms with Gasteiger partial charge in [-0.05, 0) is 44.4 Å². The molecule has 1 heterocycles. The lowest BCUT2D eigenvalue weighted by Crippen LogP contribution is -2.47. The van der Waals surface area contributed by atoms with Crippen LogP contribution in [0.5, 0.6) is 0 Å². The molecule has 0 bridgehead atoms. The van der Waals surface area contributed by atoms with E-state index in [0.717, 1.165) is 19.4 Å². The first-order valence-electron chi connectivity index (χ1n) is 7.92. The molecule has 20 heavy (non-hydrogen) atoms. The van der Waals surface area contributed by atoms with Gasteiger partial charge in [0.05, 0.1) is 12.6 Å². The van der Waals surface area contributed by atoms with E-state index in [-0.39, 0.29) is 5.41 Å². The number of hydrogen-bond donors (Lipinski definition) is 1. The summed E-state index contributed by atoms with van der Waals surface area (Å²) < 4.78 is 5.99. The van der Waals surface area contributed by atoms with Crippen molar-refractivity contribution < 1.29 is 4.74 Å². The van der Waals surface area contributed by atoms with Gasteiger partial charge in [0, 0.05) is 5.41 Å². The minimum atomic E-state index is 0.208. The Bertz CT molecular complexity index is 460. The molecule has 0 aromatic heterocycles. The van der Waals surface area contributed by atoms with Crippen molar-refractivity contribution in [2.24, 2.45) is 0 Å². The molecule has 0 radical (unpaired) electrons. The normalized spacial score (nSPS) is 22.9. The zero-order chi connectivity index (χ0) is 13.8. The van der Waals surface area contributed by atoms with Crippen molar-refractivity contribution in [3.63, 3.8) is 0 Å². The summed E-state index contributed by atoms with van der Waals surface area (Å²) in [6.07, 6.45) is 9.75. The number of rotatable bonds is 4. The third kappa shape index (κ3) is 2.37. The van der Waals surface area contributed by atoms with Crippen LogP contribution in [0.1, 0.15) is 44.1 Å². The predicted molar refractivity (Wildman–Crippen MR) is 82.7 cm³/mol. The summed E-state index contributed by atoms with van der Waals surface area (Å²) in [5.74, 6) is 1.17. The lowest BCUT2D eigenvalue weighted by Gasteiger charge is -2.40. The molecule has 1 saturated carbocycles. The highest BCUT2D eigenvalue weighted by molar-refractivity contribution is 5.33. The molecular formula is C18H25NO. The van der Waals surface area contributed by atoms with Crippen LogP contribution in [0.2, 0.25) is 0 Å². The highest BCUT2D eigenvalue weighted by atomic mass is 16.5. The fourth-order valence-electron chi connectivity index (χ4n) is 3.99. The van der Waals surface area contributed by atoms with Crippen LogP contribution in [-0.2, 0) is 10.2 Å². The minimum absolute atomic E-state index is 0.208. The van der Waals surface area contributed by atoms with E-state index in [1.807, 2.05) is 0 Å². The van der Waals surface area contributed by atoms with Crippen molar-refractivity contribution in [2.75, 3.05) is 13.7 Å². The molecule has 2 heteroatoms. The summed E-state index contributed by atoms with van der Waals surface area (Å²) in [6.45, 7) is 0.870. The molecule has 3 rings (SSSR count). The van der Waals surface area contributed by atoms with E-state index in [0.29, 0.717) is 6.04 Å². The Morgan fingerprint density at radius 2 is 1.85 bits per heavy atom. The fraction of sp³-hybridized carbons (Fsp3) is 0.556. The third-order valence-electron chi connectivity index (χ3n) is 4.93. The SMILES string of the molecule is CNC(C1=CCCCO1)C1(c2ccccc2)CCCC1. The summed E-state index contributed by atoms with van der Waals surface area (Å²) in [5.41, 5.74) is 1.67. The smallest absolute Gasteiger partial charge is 0.110 e. The average molecular weight is 271 g/mol. The number of hydrogen-bond acceptors (Lipinski definition) is 2. The van der Waals surface area contributed by atoms with Crippen molar-refractivity contribution in [3.8, 4) is 0 Å². The number of ether oxygens (including phenoxy) is 1. The van der Waals surface area contributed by atoms with Gasteiger partial charge in [-0.2, -0.15) is 0 Å². The molecule has 1 aromatic rings.